The van der Waals surface area contributed by atoms with Gasteiger partial charge in [-0.2, -0.15) is 0 Å². The average Bonchev–Trinajstić information content (AvgIpc) is 2.38. The van der Waals surface area contributed by atoms with Crippen molar-refractivity contribution in [3.63, 3.8) is 0 Å². The lowest BCUT2D eigenvalue weighted by Crippen LogP contribution is -2.13. The van der Waals surface area contributed by atoms with Gasteiger partial charge < -0.3 is 4.74 Å². The molecule has 1 aliphatic rings. The molecule has 0 spiro atoms. The van der Waals surface area contributed by atoms with Crippen molar-refractivity contribution in [3.8, 4) is 11.5 Å². The Balaban J connectivity index is 2.19. The topological polar surface area (TPSA) is 43.4 Å². The predicted octanol–water partition coefficient (Wildman–Crippen LogP) is 3.25. The second-order valence-electron chi connectivity index (χ2n) is 4.12. The van der Waals surface area contributed by atoms with Crippen LogP contribution in [-0.4, -0.2) is 11.6 Å². The molecule has 0 bridgehead atoms. The molecule has 0 N–H and O–H groups in total. The zero-order chi connectivity index (χ0) is 12.5. The quantitative estimate of drug-likeness (QED) is 0.662. The van der Waals surface area contributed by atoms with E-state index in [0.29, 0.717) is 22.6 Å². The molecule has 2 aromatic rings. The van der Waals surface area contributed by atoms with E-state index in [2.05, 4.69) is 0 Å². The number of fused-ring (bicyclic) bond motifs is 2. The number of Topliss-reactive ketones (excluding diaryl/α,β-unsaturated/α-hetero) is 2. The van der Waals surface area contributed by atoms with Crippen LogP contribution in [0, 0.1) is 0 Å². The normalized spacial score (nSPS) is 14.0. The monoisotopic (exact) mass is 238 g/mol. The van der Waals surface area contributed by atoms with Gasteiger partial charge in [0.05, 0.1) is 17.5 Å². The summed E-state index contributed by atoms with van der Waals surface area (Å²) in [5.74, 6) is 0.597. The molecule has 0 aliphatic carbocycles. The number of hydrogen-bond donors (Lipinski definition) is 0. The molecule has 0 amide bonds. The molecule has 0 fully saturated rings. The molecule has 18 heavy (non-hydrogen) atoms. The maximum Gasteiger partial charge on any atom is 0.174 e. The molecule has 0 radical (unpaired) electrons. The van der Waals surface area contributed by atoms with Crippen molar-refractivity contribution >= 4 is 11.6 Å². The van der Waals surface area contributed by atoms with Crippen LogP contribution in [0.4, 0.5) is 0 Å². The van der Waals surface area contributed by atoms with Gasteiger partial charge in [-0.15, -0.1) is 0 Å². The number of carbonyl (C=O) groups is 2. The van der Waals surface area contributed by atoms with Crippen molar-refractivity contribution in [1.82, 2.24) is 0 Å². The van der Waals surface area contributed by atoms with Gasteiger partial charge in [0.15, 0.2) is 11.6 Å². The predicted molar refractivity (Wildman–Crippen MR) is 66.2 cm³/mol. The smallest absolute Gasteiger partial charge is 0.174 e. The highest BCUT2D eigenvalue weighted by Gasteiger charge is 2.23. The van der Waals surface area contributed by atoms with Crippen molar-refractivity contribution in [1.29, 1.82) is 0 Å². The van der Waals surface area contributed by atoms with Crippen LogP contribution in [0.25, 0.3) is 0 Å². The van der Waals surface area contributed by atoms with Gasteiger partial charge >= 0.3 is 0 Å². The summed E-state index contributed by atoms with van der Waals surface area (Å²) in [7, 11) is 0. The lowest BCUT2D eigenvalue weighted by atomic mass is 9.98. The van der Waals surface area contributed by atoms with Crippen LogP contribution in [0.5, 0.6) is 11.5 Å². The largest absolute Gasteiger partial charge is 0.456 e. The first-order chi connectivity index (χ1) is 8.75. The SMILES string of the molecule is O=C1CC(=O)c2ccccc2Oc2ccccc21. The van der Waals surface area contributed by atoms with E-state index < -0.39 is 0 Å². The number of benzene rings is 2. The molecule has 2 aromatic carbocycles. The number of rotatable bonds is 0. The summed E-state index contributed by atoms with van der Waals surface area (Å²) in [6.45, 7) is 0. The Hall–Kier alpha value is -2.42. The second kappa shape index (κ2) is 4.11. The third kappa shape index (κ3) is 1.70. The molecule has 1 heterocycles. The van der Waals surface area contributed by atoms with Gasteiger partial charge in [-0.3, -0.25) is 9.59 Å². The fraction of sp³-hybridized carbons (Fsp3) is 0.0667. The van der Waals surface area contributed by atoms with Crippen LogP contribution in [0.15, 0.2) is 48.5 Å². The van der Waals surface area contributed by atoms with Gasteiger partial charge in [0.2, 0.25) is 0 Å². The Labute approximate surface area is 104 Å². The minimum absolute atomic E-state index is 0.114. The zero-order valence-electron chi connectivity index (χ0n) is 9.55. The van der Waals surface area contributed by atoms with Crippen LogP contribution in [0.3, 0.4) is 0 Å². The van der Waals surface area contributed by atoms with Gasteiger partial charge in [-0.1, -0.05) is 24.3 Å². The van der Waals surface area contributed by atoms with Crippen LogP contribution < -0.4 is 4.74 Å². The lowest BCUT2D eigenvalue weighted by molar-refractivity contribution is 0.0888. The molecule has 3 rings (SSSR count). The van der Waals surface area contributed by atoms with E-state index in [4.69, 9.17) is 4.74 Å². The third-order valence-electron chi connectivity index (χ3n) is 2.92. The molecule has 1 aliphatic heterocycles. The second-order valence-corrected chi connectivity index (χ2v) is 4.12. The lowest BCUT2D eigenvalue weighted by Gasteiger charge is -2.16. The summed E-state index contributed by atoms with van der Waals surface area (Å²) in [5.41, 5.74) is 0.917. The Kier molecular flexibility index (Phi) is 2.45. The number of hydrogen-bond acceptors (Lipinski definition) is 3. The molecule has 0 saturated heterocycles. The summed E-state index contributed by atoms with van der Waals surface area (Å²) in [4.78, 5) is 24.0. The van der Waals surface area contributed by atoms with Gasteiger partial charge in [0.25, 0.3) is 0 Å². The minimum Gasteiger partial charge on any atom is -0.456 e. The first-order valence-electron chi connectivity index (χ1n) is 5.68. The van der Waals surface area contributed by atoms with Crippen LogP contribution >= 0.6 is 0 Å². The minimum atomic E-state index is -0.204. The molecule has 3 heteroatoms. The van der Waals surface area contributed by atoms with Crippen LogP contribution in [-0.2, 0) is 0 Å². The highest BCUT2D eigenvalue weighted by atomic mass is 16.5. The van der Waals surface area contributed by atoms with E-state index in [-0.39, 0.29) is 18.0 Å². The van der Waals surface area contributed by atoms with Crippen molar-refractivity contribution in [3.05, 3.63) is 59.7 Å². The summed E-state index contributed by atoms with van der Waals surface area (Å²) < 4.78 is 5.68. The molecule has 0 atom stereocenters. The van der Waals surface area contributed by atoms with Gasteiger partial charge in [0.1, 0.15) is 11.5 Å². The van der Waals surface area contributed by atoms with Gasteiger partial charge in [0, 0.05) is 0 Å². The standard InChI is InChI=1S/C15H10O3/c16-12-9-13(17)11-6-2-4-8-15(11)18-14-7-3-1-5-10(12)14/h1-8H,9H2. The fourth-order valence-corrected chi connectivity index (χ4v) is 2.03. The molecule has 0 saturated carbocycles. The van der Waals surface area contributed by atoms with E-state index >= 15 is 0 Å². The third-order valence-corrected chi connectivity index (χ3v) is 2.92. The van der Waals surface area contributed by atoms with Crippen LogP contribution in [0.2, 0.25) is 0 Å². The summed E-state index contributed by atoms with van der Waals surface area (Å²) >= 11 is 0. The first-order valence-corrected chi connectivity index (χ1v) is 5.68. The number of carbonyl (C=O) groups excluding carboxylic acids is 2. The zero-order valence-corrected chi connectivity index (χ0v) is 9.55. The maximum atomic E-state index is 12.0. The number of ketones is 2. The first kappa shape index (κ1) is 10.7. The molecular weight excluding hydrogens is 228 g/mol. The Bertz CT molecular complexity index is 588. The Morgan fingerprint density at radius 3 is 1.67 bits per heavy atom. The molecule has 0 unspecified atom stereocenters. The summed E-state index contributed by atoms with van der Waals surface area (Å²) in [5, 5.41) is 0. The fourth-order valence-electron chi connectivity index (χ4n) is 2.03. The van der Waals surface area contributed by atoms with Crippen molar-refractivity contribution in [2.75, 3.05) is 0 Å². The average molecular weight is 238 g/mol. The highest BCUT2D eigenvalue weighted by Crippen LogP contribution is 2.32. The number of para-hydroxylation sites is 2. The number of ether oxygens (including phenoxy) is 1. The van der Waals surface area contributed by atoms with E-state index in [0.717, 1.165) is 0 Å². The molecular formula is C15H10O3. The van der Waals surface area contributed by atoms with Crippen molar-refractivity contribution in [2.45, 2.75) is 6.42 Å². The van der Waals surface area contributed by atoms with E-state index in [1.54, 1.807) is 48.5 Å². The van der Waals surface area contributed by atoms with E-state index in [1.165, 1.54) is 0 Å². The van der Waals surface area contributed by atoms with Gasteiger partial charge in [-0.25, -0.2) is 0 Å². The van der Waals surface area contributed by atoms with Crippen LogP contribution in [0.1, 0.15) is 27.1 Å². The highest BCUT2D eigenvalue weighted by molar-refractivity contribution is 6.16. The Morgan fingerprint density at radius 1 is 0.722 bits per heavy atom. The van der Waals surface area contributed by atoms with Crippen molar-refractivity contribution in [2.24, 2.45) is 0 Å². The molecule has 88 valence electrons. The summed E-state index contributed by atoms with van der Waals surface area (Å²) in [6, 6.07) is 14.0. The van der Waals surface area contributed by atoms with E-state index in [1.807, 2.05) is 0 Å². The molecule has 3 nitrogen and oxygen atoms in total. The van der Waals surface area contributed by atoms with E-state index in [9.17, 15) is 9.59 Å². The van der Waals surface area contributed by atoms with Gasteiger partial charge in [-0.05, 0) is 24.3 Å². The maximum absolute atomic E-state index is 12.0. The Morgan fingerprint density at radius 2 is 1.17 bits per heavy atom. The van der Waals surface area contributed by atoms with Crippen molar-refractivity contribution < 1.29 is 14.3 Å². The summed E-state index contributed by atoms with van der Waals surface area (Å²) in [6.07, 6.45) is -0.114. The molecule has 0 aromatic heterocycles.